The molecule has 1 heterocycles. The minimum Gasteiger partial charge on any atom is -0.385 e. The molecule has 2 aromatic carbocycles. The number of carbonyl (C=O) groups is 1. The molecule has 1 saturated heterocycles. The fraction of sp³-hybridized carbons (Fsp3) is 0.350. The third-order valence-electron chi connectivity index (χ3n) is 4.72. The molecule has 0 spiro atoms. The van der Waals surface area contributed by atoms with Crippen LogP contribution in [0.5, 0.6) is 0 Å². The summed E-state index contributed by atoms with van der Waals surface area (Å²) in [5.41, 5.74) is 1.35. The highest BCUT2D eigenvalue weighted by atomic mass is 16.3. The third kappa shape index (κ3) is 3.80. The van der Waals surface area contributed by atoms with Crippen molar-refractivity contribution in [1.82, 2.24) is 4.90 Å². The number of benzene rings is 2. The van der Waals surface area contributed by atoms with Gasteiger partial charge in [0.1, 0.15) is 0 Å². The lowest BCUT2D eigenvalue weighted by Crippen LogP contribution is -2.45. The Morgan fingerprint density at radius 2 is 1.52 bits per heavy atom. The average molecular weight is 309 g/mol. The standard InChI is InChI=1S/C20H23NO2/c22-19(12-11-17-7-3-1-4-8-17)21-15-13-20(23,14-16-21)18-9-5-2-6-10-18/h1-10,23H,11-16H2. The highest BCUT2D eigenvalue weighted by Crippen LogP contribution is 2.32. The minimum absolute atomic E-state index is 0.184. The molecule has 1 aliphatic rings. The minimum atomic E-state index is -0.794. The summed E-state index contributed by atoms with van der Waals surface area (Å²) < 4.78 is 0. The zero-order chi connectivity index (χ0) is 16.1. The smallest absolute Gasteiger partial charge is 0.222 e. The van der Waals surface area contributed by atoms with Crippen LogP contribution in [-0.4, -0.2) is 29.0 Å². The number of likely N-dealkylation sites (tertiary alicyclic amines) is 1. The third-order valence-corrected chi connectivity index (χ3v) is 4.72. The van der Waals surface area contributed by atoms with E-state index in [2.05, 4.69) is 12.1 Å². The quantitative estimate of drug-likeness (QED) is 0.942. The Morgan fingerprint density at radius 1 is 0.957 bits per heavy atom. The molecule has 0 bridgehead atoms. The number of nitrogens with zero attached hydrogens (tertiary/aromatic N) is 1. The predicted molar refractivity (Wildman–Crippen MR) is 90.9 cm³/mol. The molecule has 0 unspecified atom stereocenters. The second kappa shape index (κ2) is 6.97. The number of piperidine rings is 1. The van der Waals surface area contributed by atoms with Crippen LogP contribution < -0.4 is 0 Å². The number of amides is 1. The summed E-state index contributed by atoms with van der Waals surface area (Å²) in [6.45, 7) is 1.25. The number of carbonyl (C=O) groups excluding carboxylic acids is 1. The molecular weight excluding hydrogens is 286 g/mol. The number of rotatable bonds is 4. The van der Waals surface area contributed by atoms with E-state index in [-0.39, 0.29) is 5.91 Å². The van der Waals surface area contributed by atoms with E-state index in [0.29, 0.717) is 32.4 Å². The first-order chi connectivity index (χ1) is 11.2. The molecule has 1 N–H and O–H groups in total. The maximum Gasteiger partial charge on any atom is 0.222 e. The van der Waals surface area contributed by atoms with Gasteiger partial charge in [-0.1, -0.05) is 60.7 Å². The second-order valence-corrected chi connectivity index (χ2v) is 6.26. The van der Waals surface area contributed by atoms with Crippen LogP contribution in [0.3, 0.4) is 0 Å². The Labute approximate surface area is 137 Å². The van der Waals surface area contributed by atoms with E-state index in [1.165, 1.54) is 5.56 Å². The lowest BCUT2D eigenvalue weighted by Gasteiger charge is -2.38. The molecule has 0 radical (unpaired) electrons. The molecule has 3 rings (SSSR count). The van der Waals surface area contributed by atoms with Crippen molar-refractivity contribution in [3.8, 4) is 0 Å². The molecule has 1 amide bonds. The number of hydrogen-bond acceptors (Lipinski definition) is 2. The van der Waals surface area contributed by atoms with Gasteiger partial charge < -0.3 is 10.0 Å². The van der Waals surface area contributed by atoms with Crippen molar-refractivity contribution in [2.24, 2.45) is 0 Å². The molecule has 0 aliphatic carbocycles. The van der Waals surface area contributed by atoms with Crippen molar-refractivity contribution in [3.63, 3.8) is 0 Å². The van der Waals surface area contributed by atoms with Crippen LogP contribution in [0.4, 0.5) is 0 Å². The molecule has 3 heteroatoms. The van der Waals surface area contributed by atoms with Crippen LogP contribution in [-0.2, 0) is 16.8 Å². The predicted octanol–water partition coefficient (Wildman–Crippen LogP) is 3.13. The number of aryl methyl sites for hydroxylation is 1. The Bertz CT molecular complexity index is 631. The fourth-order valence-corrected chi connectivity index (χ4v) is 3.22. The Balaban J connectivity index is 1.53. The number of aliphatic hydroxyl groups is 1. The molecule has 1 fully saturated rings. The summed E-state index contributed by atoms with van der Waals surface area (Å²) in [5, 5.41) is 10.8. The maximum absolute atomic E-state index is 12.4. The van der Waals surface area contributed by atoms with Crippen molar-refractivity contribution in [2.75, 3.05) is 13.1 Å². The second-order valence-electron chi connectivity index (χ2n) is 6.26. The van der Waals surface area contributed by atoms with Crippen LogP contribution in [0.15, 0.2) is 60.7 Å². The van der Waals surface area contributed by atoms with E-state index in [0.717, 1.165) is 12.0 Å². The van der Waals surface area contributed by atoms with E-state index >= 15 is 0 Å². The van der Waals surface area contributed by atoms with Crippen LogP contribution in [0, 0.1) is 0 Å². The maximum atomic E-state index is 12.4. The van der Waals surface area contributed by atoms with E-state index in [1.807, 2.05) is 53.4 Å². The van der Waals surface area contributed by atoms with Gasteiger partial charge in [-0.15, -0.1) is 0 Å². The molecule has 1 aliphatic heterocycles. The molecule has 120 valence electrons. The molecule has 0 saturated carbocycles. The topological polar surface area (TPSA) is 40.5 Å². The summed E-state index contributed by atoms with van der Waals surface area (Å²) >= 11 is 0. The van der Waals surface area contributed by atoms with Gasteiger partial charge in [-0.2, -0.15) is 0 Å². The van der Waals surface area contributed by atoms with Gasteiger partial charge in [-0.3, -0.25) is 4.79 Å². The molecule has 23 heavy (non-hydrogen) atoms. The summed E-state index contributed by atoms with van der Waals surface area (Å²) in [5.74, 6) is 0.184. The van der Waals surface area contributed by atoms with Crippen LogP contribution in [0.2, 0.25) is 0 Å². The van der Waals surface area contributed by atoms with Crippen molar-refractivity contribution in [1.29, 1.82) is 0 Å². The zero-order valence-corrected chi connectivity index (χ0v) is 13.3. The van der Waals surface area contributed by atoms with E-state index in [4.69, 9.17) is 0 Å². The van der Waals surface area contributed by atoms with E-state index in [9.17, 15) is 9.90 Å². The van der Waals surface area contributed by atoms with E-state index < -0.39 is 5.60 Å². The van der Waals surface area contributed by atoms with Gasteiger partial charge >= 0.3 is 0 Å². The van der Waals surface area contributed by atoms with Gasteiger partial charge in [0.05, 0.1) is 5.60 Å². The molecule has 0 atom stereocenters. The summed E-state index contributed by atoms with van der Waals surface area (Å²) in [7, 11) is 0. The first-order valence-corrected chi connectivity index (χ1v) is 8.27. The van der Waals surface area contributed by atoms with Gasteiger partial charge in [0.15, 0.2) is 0 Å². The van der Waals surface area contributed by atoms with E-state index in [1.54, 1.807) is 0 Å². The van der Waals surface area contributed by atoms with Gasteiger partial charge in [0.2, 0.25) is 5.91 Å². The van der Waals surface area contributed by atoms with Gasteiger partial charge in [0, 0.05) is 19.5 Å². The lowest BCUT2D eigenvalue weighted by atomic mass is 9.84. The largest absolute Gasteiger partial charge is 0.385 e. The Kier molecular flexibility index (Phi) is 4.77. The lowest BCUT2D eigenvalue weighted by molar-refractivity contribution is -0.135. The first kappa shape index (κ1) is 15.8. The first-order valence-electron chi connectivity index (χ1n) is 8.27. The molecular formula is C20H23NO2. The fourth-order valence-electron chi connectivity index (χ4n) is 3.22. The molecule has 0 aromatic heterocycles. The summed E-state index contributed by atoms with van der Waals surface area (Å²) in [4.78, 5) is 14.3. The zero-order valence-electron chi connectivity index (χ0n) is 13.3. The van der Waals surface area contributed by atoms with Gasteiger partial charge in [-0.05, 0) is 30.4 Å². The highest BCUT2D eigenvalue weighted by molar-refractivity contribution is 5.76. The normalized spacial score (nSPS) is 17.0. The van der Waals surface area contributed by atoms with Crippen LogP contribution in [0.25, 0.3) is 0 Å². The Morgan fingerprint density at radius 3 is 2.13 bits per heavy atom. The SMILES string of the molecule is O=C(CCc1ccccc1)N1CCC(O)(c2ccccc2)CC1. The molecule has 3 nitrogen and oxygen atoms in total. The van der Waals surface area contributed by atoms with Crippen molar-refractivity contribution in [2.45, 2.75) is 31.3 Å². The highest BCUT2D eigenvalue weighted by Gasteiger charge is 2.34. The summed E-state index contributed by atoms with van der Waals surface area (Å²) in [6, 6.07) is 19.9. The summed E-state index contributed by atoms with van der Waals surface area (Å²) in [6.07, 6.45) is 2.52. The molecule has 2 aromatic rings. The monoisotopic (exact) mass is 309 g/mol. The van der Waals surface area contributed by atoms with Crippen molar-refractivity contribution < 1.29 is 9.90 Å². The van der Waals surface area contributed by atoms with Gasteiger partial charge in [0.25, 0.3) is 0 Å². The van der Waals surface area contributed by atoms with Crippen LogP contribution in [0.1, 0.15) is 30.4 Å². The van der Waals surface area contributed by atoms with Crippen molar-refractivity contribution in [3.05, 3.63) is 71.8 Å². The van der Waals surface area contributed by atoms with Gasteiger partial charge in [-0.25, -0.2) is 0 Å². The average Bonchev–Trinajstić information content (AvgIpc) is 2.62. The van der Waals surface area contributed by atoms with Crippen LogP contribution >= 0.6 is 0 Å². The Hall–Kier alpha value is -2.13. The number of hydrogen-bond donors (Lipinski definition) is 1. The van der Waals surface area contributed by atoms with Crippen molar-refractivity contribution >= 4 is 5.91 Å².